The molecule has 2 heterocycles. The van der Waals surface area contributed by atoms with Gasteiger partial charge in [0.25, 0.3) is 5.91 Å². The number of amides is 1. The van der Waals surface area contributed by atoms with Crippen LogP contribution in [0.3, 0.4) is 0 Å². The Balaban J connectivity index is 1.80. The van der Waals surface area contributed by atoms with Gasteiger partial charge in [0.1, 0.15) is 5.82 Å². The number of nitrogens with zero attached hydrogens (tertiary/aromatic N) is 3. The third-order valence-electron chi connectivity index (χ3n) is 3.44. The molecule has 3 N–H and O–H groups in total. The molecule has 2 aromatic heterocycles. The summed E-state index contributed by atoms with van der Waals surface area (Å²) in [5.41, 5.74) is 1.41. The molecule has 0 fully saturated rings. The maximum atomic E-state index is 12.9. The van der Waals surface area contributed by atoms with Crippen molar-refractivity contribution in [1.82, 2.24) is 14.8 Å². The van der Waals surface area contributed by atoms with Gasteiger partial charge in [0.2, 0.25) is 5.88 Å². The number of aliphatic hydroxyl groups excluding tert-OH is 1. The summed E-state index contributed by atoms with van der Waals surface area (Å²) in [5.74, 6) is -1.14. The summed E-state index contributed by atoms with van der Waals surface area (Å²) in [6.07, 6.45) is 1.47. The lowest BCUT2D eigenvalue weighted by Gasteiger charge is -2.05. The normalized spacial score (nSPS) is 10.6. The number of aromatic hydroxyl groups is 1. The summed E-state index contributed by atoms with van der Waals surface area (Å²) in [7, 11) is 0. The van der Waals surface area contributed by atoms with Crippen LogP contribution < -0.4 is 5.32 Å². The van der Waals surface area contributed by atoms with Crippen molar-refractivity contribution in [3.05, 3.63) is 65.7 Å². The molecule has 0 spiro atoms. The van der Waals surface area contributed by atoms with Gasteiger partial charge >= 0.3 is 0 Å². The standard InChI is InChI=1S/C17H15FN4O3/c18-12-4-5-15(19-10-12)22-16(24)9-14(21-22)17(25)20-13-3-1-2-11(8-13)6-7-23/h1-5,8-10,23-24H,6-7H2,(H,20,25). The lowest BCUT2D eigenvalue weighted by atomic mass is 10.1. The minimum Gasteiger partial charge on any atom is -0.493 e. The van der Waals surface area contributed by atoms with E-state index in [2.05, 4.69) is 15.4 Å². The summed E-state index contributed by atoms with van der Waals surface area (Å²) >= 11 is 0. The van der Waals surface area contributed by atoms with Gasteiger partial charge in [-0.3, -0.25) is 4.79 Å². The van der Waals surface area contributed by atoms with Gasteiger partial charge in [0.15, 0.2) is 11.5 Å². The van der Waals surface area contributed by atoms with Crippen LogP contribution in [-0.2, 0) is 6.42 Å². The summed E-state index contributed by atoms with van der Waals surface area (Å²) in [6.45, 7) is 0.0142. The van der Waals surface area contributed by atoms with Crippen molar-refractivity contribution in [2.24, 2.45) is 0 Å². The zero-order chi connectivity index (χ0) is 17.8. The highest BCUT2D eigenvalue weighted by Gasteiger charge is 2.16. The Hall–Kier alpha value is -3.26. The fourth-order valence-electron chi connectivity index (χ4n) is 2.27. The summed E-state index contributed by atoms with van der Waals surface area (Å²) < 4.78 is 14.0. The smallest absolute Gasteiger partial charge is 0.276 e. The Kier molecular flexibility index (Phi) is 4.71. The zero-order valence-electron chi connectivity index (χ0n) is 13.1. The lowest BCUT2D eigenvalue weighted by Crippen LogP contribution is -2.13. The molecular weight excluding hydrogens is 327 g/mol. The molecule has 0 aliphatic heterocycles. The number of pyridine rings is 1. The number of aliphatic hydroxyl groups is 1. The molecule has 0 saturated carbocycles. The van der Waals surface area contributed by atoms with Gasteiger partial charge in [-0.1, -0.05) is 12.1 Å². The summed E-state index contributed by atoms with van der Waals surface area (Å²) in [6, 6.07) is 10.8. The quantitative estimate of drug-likeness (QED) is 0.657. The number of aromatic nitrogens is 3. The number of hydrogen-bond donors (Lipinski definition) is 3. The van der Waals surface area contributed by atoms with Gasteiger partial charge in [-0.25, -0.2) is 9.37 Å². The maximum Gasteiger partial charge on any atom is 0.276 e. The van der Waals surface area contributed by atoms with Gasteiger partial charge in [-0.05, 0) is 36.2 Å². The molecule has 25 heavy (non-hydrogen) atoms. The highest BCUT2D eigenvalue weighted by atomic mass is 19.1. The van der Waals surface area contributed by atoms with Crippen molar-refractivity contribution in [3.63, 3.8) is 0 Å². The Morgan fingerprint density at radius 3 is 2.80 bits per heavy atom. The van der Waals surface area contributed by atoms with Crippen molar-refractivity contribution < 1.29 is 19.4 Å². The second kappa shape index (κ2) is 7.10. The second-order valence-corrected chi connectivity index (χ2v) is 5.26. The van der Waals surface area contributed by atoms with Crippen LogP contribution in [0.25, 0.3) is 5.82 Å². The monoisotopic (exact) mass is 342 g/mol. The van der Waals surface area contributed by atoms with Crippen molar-refractivity contribution in [2.45, 2.75) is 6.42 Å². The first-order chi connectivity index (χ1) is 12.1. The first-order valence-electron chi connectivity index (χ1n) is 7.49. The van der Waals surface area contributed by atoms with E-state index < -0.39 is 11.7 Å². The van der Waals surface area contributed by atoms with E-state index in [1.165, 1.54) is 18.2 Å². The third-order valence-corrected chi connectivity index (χ3v) is 3.44. The predicted molar refractivity (Wildman–Crippen MR) is 88.2 cm³/mol. The van der Waals surface area contributed by atoms with E-state index in [1.807, 2.05) is 6.07 Å². The van der Waals surface area contributed by atoms with Crippen LogP contribution in [0.2, 0.25) is 0 Å². The Labute approximate surface area is 142 Å². The topological polar surface area (TPSA) is 100 Å². The molecule has 3 aromatic rings. The number of benzene rings is 1. The van der Waals surface area contributed by atoms with Crippen LogP contribution in [0.1, 0.15) is 16.1 Å². The Morgan fingerprint density at radius 1 is 1.24 bits per heavy atom. The number of nitrogens with one attached hydrogen (secondary N) is 1. The highest BCUT2D eigenvalue weighted by Crippen LogP contribution is 2.18. The second-order valence-electron chi connectivity index (χ2n) is 5.26. The van der Waals surface area contributed by atoms with Crippen molar-refractivity contribution >= 4 is 11.6 Å². The number of halogens is 1. The van der Waals surface area contributed by atoms with E-state index in [0.29, 0.717) is 12.1 Å². The molecule has 0 unspecified atom stereocenters. The molecule has 0 aliphatic carbocycles. The number of carbonyl (C=O) groups excluding carboxylic acids is 1. The van der Waals surface area contributed by atoms with Gasteiger partial charge in [0.05, 0.1) is 6.20 Å². The Morgan fingerprint density at radius 2 is 2.08 bits per heavy atom. The van der Waals surface area contributed by atoms with E-state index in [4.69, 9.17) is 5.11 Å². The fraction of sp³-hybridized carbons (Fsp3) is 0.118. The maximum absolute atomic E-state index is 12.9. The Bertz CT molecular complexity index is 893. The molecule has 1 aromatic carbocycles. The predicted octanol–water partition coefficient (Wildman–Crippen LogP) is 1.90. The average Bonchev–Trinajstić information content (AvgIpc) is 2.98. The third kappa shape index (κ3) is 3.81. The first kappa shape index (κ1) is 16.6. The van der Waals surface area contributed by atoms with Crippen molar-refractivity contribution in [3.8, 4) is 11.7 Å². The van der Waals surface area contributed by atoms with Crippen molar-refractivity contribution in [1.29, 1.82) is 0 Å². The van der Waals surface area contributed by atoms with Crippen molar-refractivity contribution in [2.75, 3.05) is 11.9 Å². The summed E-state index contributed by atoms with van der Waals surface area (Å²) in [5, 5.41) is 25.6. The molecule has 7 nitrogen and oxygen atoms in total. The molecule has 0 atom stereocenters. The SMILES string of the molecule is O=C(Nc1cccc(CCO)c1)c1cc(O)n(-c2ccc(F)cn2)n1. The molecule has 0 bridgehead atoms. The van der Waals surface area contributed by atoms with Crippen LogP contribution in [0.5, 0.6) is 5.88 Å². The number of hydrogen-bond acceptors (Lipinski definition) is 5. The highest BCUT2D eigenvalue weighted by molar-refractivity contribution is 6.03. The number of carbonyl (C=O) groups is 1. The van der Waals surface area contributed by atoms with E-state index >= 15 is 0 Å². The molecular formula is C17H15FN4O3. The molecule has 0 aliphatic rings. The lowest BCUT2D eigenvalue weighted by molar-refractivity contribution is 0.102. The van der Waals surface area contributed by atoms with E-state index in [-0.39, 0.29) is 24.0 Å². The van der Waals surface area contributed by atoms with Crippen LogP contribution in [0, 0.1) is 5.82 Å². The molecule has 128 valence electrons. The minimum atomic E-state index is -0.517. The van der Waals surface area contributed by atoms with Crippen LogP contribution >= 0.6 is 0 Å². The fourth-order valence-corrected chi connectivity index (χ4v) is 2.27. The molecule has 1 amide bonds. The van der Waals surface area contributed by atoms with Crippen LogP contribution in [0.15, 0.2) is 48.7 Å². The minimum absolute atomic E-state index is 0.0142. The number of anilines is 1. The molecule has 3 rings (SSSR count). The number of rotatable bonds is 5. The van der Waals surface area contributed by atoms with E-state index in [9.17, 15) is 14.3 Å². The van der Waals surface area contributed by atoms with Gasteiger partial charge in [-0.2, -0.15) is 9.78 Å². The molecule has 0 radical (unpaired) electrons. The van der Waals surface area contributed by atoms with Crippen LogP contribution in [-0.4, -0.2) is 37.5 Å². The van der Waals surface area contributed by atoms with Gasteiger partial charge in [-0.15, -0.1) is 0 Å². The summed E-state index contributed by atoms with van der Waals surface area (Å²) in [4.78, 5) is 16.1. The largest absolute Gasteiger partial charge is 0.493 e. The van der Waals surface area contributed by atoms with Crippen LogP contribution in [0.4, 0.5) is 10.1 Å². The molecule has 0 saturated heterocycles. The average molecular weight is 342 g/mol. The van der Waals surface area contributed by atoms with Gasteiger partial charge in [0, 0.05) is 18.4 Å². The van der Waals surface area contributed by atoms with E-state index in [0.717, 1.165) is 16.4 Å². The molecule has 8 heteroatoms. The zero-order valence-corrected chi connectivity index (χ0v) is 13.1. The van der Waals surface area contributed by atoms with Gasteiger partial charge < -0.3 is 15.5 Å². The van der Waals surface area contributed by atoms with E-state index in [1.54, 1.807) is 18.2 Å². The first-order valence-corrected chi connectivity index (χ1v) is 7.49.